The van der Waals surface area contributed by atoms with E-state index < -0.39 is 0 Å². The van der Waals surface area contributed by atoms with Gasteiger partial charge in [0.25, 0.3) is 0 Å². The van der Waals surface area contributed by atoms with E-state index in [1.165, 1.54) is 0 Å². The number of rotatable bonds is 4. The fourth-order valence-corrected chi connectivity index (χ4v) is 3.69. The minimum absolute atomic E-state index is 0.0748. The highest BCUT2D eigenvalue weighted by Gasteiger charge is 2.37. The van der Waals surface area contributed by atoms with Crippen LogP contribution in [0.1, 0.15) is 25.8 Å². The molecule has 26 heavy (non-hydrogen) atoms. The van der Waals surface area contributed by atoms with Crippen LogP contribution in [0, 0.1) is 23.2 Å². The van der Waals surface area contributed by atoms with Crippen LogP contribution in [0.3, 0.4) is 0 Å². The number of piperazine rings is 1. The molecule has 1 atom stereocenters. The summed E-state index contributed by atoms with van der Waals surface area (Å²) in [5.74, 6) is 1.02. The van der Waals surface area contributed by atoms with Gasteiger partial charge >= 0.3 is 0 Å². The molecule has 0 radical (unpaired) electrons. The molecule has 2 aliphatic rings. The van der Waals surface area contributed by atoms with Crippen molar-refractivity contribution in [2.75, 3.05) is 44.2 Å². The maximum atomic E-state index is 12.8. The third kappa shape index (κ3) is 3.79. The van der Waals surface area contributed by atoms with Crippen molar-refractivity contribution < 1.29 is 9.59 Å². The molecule has 3 rings (SSSR count). The minimum Gasteiger partial charge on any atom is -0.352 e. The normalized spacial score (nSPS) is 20.6. The number of carbonyl (C=O) groups excluding carboxylic acids is 2. The smallest absolute Gasteiger partial charge is 0.228 e. The molecule has 2 saturated heterocycles. The van der Waals surface area contributed by atoms with Crippen LogP contribution >= 0.6 is 0 Å². The number of amides is 2. The summed E-state index contributed by atoms with van der Waals surface area (Å²) in [5, 5.41) is 9.23. The van der Waals surface area contributed by atoms with Crippen LogP contribution in [0.15, 0.2) is 18.3 Å². The maximum Gasteiger partial charge on any atom is 0.228 e. The molecule has 2 aliphatic heterocycles. The number of anilines is 1. The van der Waals surface area contributed by atoms with Gasteiger partial charge in [0.15, 0.2) is 0 Å². The first-order chi connectivity index (χ1) is 12.5. The number of carbonyl (C=O) groups is 2. The summed E-state index contributed by atoms with van der Waals surface area (Å²) in [6.45, 7) is 7.89. The van der Waals surface area contributed by atoms with Crippen molar-refractivity contribution in [2.45, 2.75) is 20.3 Å². The Balaban J connectivity index is 1.58. The summed E-state index contributed by atoms with van der Waals surface area (Å²) in [5.41, 5.74) is 0.554. The Morgan fingerprint density at radius 1 is 1.35 bits per heavy atom. The van der Waals surface area contributed by atoms with Crippen molar-refractivity contribution in [2.24, 2.45) is 11.8 Å². The number of hydrogen-bond donors (Lipinski definition) is 0. The highest BCUT2D eigenvalue weighted by molar-refractivity contribution is 5.89. The molecular weight excluding hydrogens is 330 g/mol. The number of aromatic nitrogens is 1. The maximum absolute atomic E-state index is 12.8. The van der Waals surface area contributed by atoms with Crippen LogP contribution in [0.5, 0.6) is 0 Å². The van der Waals surface area contributed by atoms with Gasteiger partial charge in [-0.05, 0) is 18.1 Å². The second kappa shape index (κ2) is 7.73. The van der Waals surface area contributed by atoms with Gasteiger partial charge in [0.05, 0.1) is 11.5 Å². The van der Waals surface area contributed by atoms with Gasteiger partial charge in [-0.25, -0.2) is 4.98 Å². The average Bonchev–Trinajstić information content (AvgIpc) is 3.01. The Morgan fingerprint density at radius 2 is 2.08 bits per heavy atom. The largest absolute Gasteiger partial charge is 0.352 e. The first-order valence-corrected chi connectivity index (χ1v) is 9.16. The summed E-state index contributed by atoms with van der Waals surface area (Å²) in [6, 6.07) is 5.68. The lowest BCUT2D eigenvalue weighted by atomic mass is 10.1. The molecule has 0 saturated carbocycles. The Morgan fingerprint density at radius 3 is 2.73 bits per heavy atom. The summed E-state index contributed by atoms with van der Waals surface area (Å²) in [6.07, 6.45) is 2.01. The molecule has 1 aromatic heterocycles. The molecule has 2 fully saturated rings. The van der Waals surface area contributed by atoms with Crippen LogP contribution in [0.25, 0.3) is 0 Å². The van der Waals surface area contributed by atoms with Gasteiger partial charge in [0.2, 0.25) is 11.8 Å². The molecule has 138 valence electrons. The first-order valence-electron chi connectivity index (χ1n) is 9.16. The quantitative estimate of drug-likeness (QED) is 0.808. The lowest BCUT2D eigenvalue weighted by Crippen LogP contribution is -2.51. The SMILES string of the molecule is CC(C)CN1CC(C(=O)N2CCN(c3ncccc3C#N)CC2)CC1=O. The highest BCUT2D eigenvalue weighted by atomic mass is 16.2. The zero-order chi connectivity index (χ0) is 18.7. The summed E-state index contributed by atoms with van der Waals surface area (Å²) >= 11 is 0. The van der Waals surface area contributed by atoms with Gasteiger partial charge in [0.1, 0.15) is 11.9 Å². The second-order valence-corrected chi connectivity index (χ2v) is 7.39. The lowest BCUT2D eigenvalue weighted by molar-refractivity contribution is -0.136. The molecule has 7 heteroatoms. The summed E-state index contributed by atoms with van der Waals surface area (Å²) < 4.78 is 0. The van der Waals surface area contributed by atoms with E-state index in [2.05, 4.69) is 24.9 Å². The molecule has 0 bridgehead atoms. The van der Waals surface area contributed by atoms with E-state index in [0.29, 0.717) is 63.0 Å². The molecule has 0 aromatic carbocycles. The van der Waals surface area contributed by atoms with Gasteiger partial charge in [0, 0.05) is 51.9 Å². The van der Waals surface area contributed by atoms with Gasteiger partial charge < -0.3 is 14.7 Å². The van der Waals surface area contributed by atoms with Crippen molar-refractivity contribution in [1.82, 2.24) is 14.8 Å². The van der Waals surface area contributed by atoms with Crippen LogP contribution < -0.4 is 4.90 Å². The van der Waals surface area contributed by atoms with Crippen LogP contribution in [0.4, 0.5) is 5.82 Å². The monoisotopic (exact) mass is 355 g/mol. The number of nitriles is 1. The lowest BCUT2D eigenvalue weighted by Gasteiger charge is -2.36. The molecule has 1 aromatic rings. The van der Waals surface area contributed by atoms with Crippen molar-refractivity contribution in [3.63, 3.8) is 0 Å². The Hall–Kier alpha value is -2.62. The predicted molar refractivity (Wildman–Crippen MR) is 97.3 cm³/mol. The van der Waals surface area contributed by atoms with Gasteiger partial charge in [-0.15, -0.1) is 0 Å². The van der Waals surface area contributed by atoms with Gasteiger partial charge in [-0.2, -0.15) is 5.26 Å². The minimum atomic E-state index is -0.225. The molecule has 2 amide bonds. The summed E-state index contributed by atoms with van der Waals surface area (Å²) in [4.78, 5) is 35.0. The van der Waals surface area contributed by atoms with E-state index in [1.807, 2.05) is 14.7 Å². The Labute approximate surface area is 154 Å². The third-order valence-electron chi connectivity index (χ3n) is 4.95. The number of likely N-dealkylation sites (tertiary alicyclic amines) is 1. The van der Waals surface area contributed by atoms with Crippen LogP contribution in [0.2, 0.25) is 0 Å². The Bertz CT molecular complexity index is 719. The highest BCUT2D eigenvalue weighted by Crippen LogP contribution is 2.23. The molecule has 3 heterocycles. The molecular formula is C19H25N5O2. The number of hydrogen-bond acceptors (Lipinski definition) is 5. The van der Waals surface area contributed by atoms with E-state index in [9.17, 15) is 14.9 Å². The zero-order valence-electron chi connectivity index (χ0n) is 15.4. The number of nitrogens with zero attached hydrogens (tertiary/aromatic N) is 5. The molecule has 0 spiro atoms. The standard InChI is InChI=1S/C19H25N5O2/c1-14(2)12-24-13-16(10-17(24)25)19(26)23-8-6-22(7-9-23)18-15(11-20)4-3-5-21-18/h3-5,14,16H,6-10,12-13H2,1-2H3. The second-order valence-electron chi connectivity index (χ2n) is 7.39. The topological polar surface area (TPSA) is 80.5 Å². The molecule has 1 unspecified atom stereocenters. The predicted octanol–water partition coefficient (Wildman–Crippen LogP) is 1.11. The van der Waals surface area contributed by atoms with Crippen LogP contribution in [-0.4, -0.2) is 65.9 Å². The van der Waals surface area contributed by atoms with E-state index in [1.54, 1.807) is 18.3 Å². The van der Waals surface area contributed by atoms with Crippen molar-refractivity contribution >= 4 is 17.6 Å². The zero-order valence-corrected chi connectivity index (χ0v) is 15.4. The number of pyridine rings is 1. The van der Waals surface area contributed by atoms with Crippen molar-refractivity contribution in [1.29, 1.82) is 5.26 Å². The molecule has 0 N–H and O–H groups in total. The Kier molecular flexibility index (Phi) is 5.40. The van der Waals surface area contributed by atoms with Crippen LogP contribution in [-0.2, 0) is 9.59 Å². The first kappa shape index (κ1) is 18.2. The van der Waals surface area contributed by atoms with E-state index >= 15 is 0 Å². The fourth-order valence-electron chi connectivity index (χ4n) is 3.69. The average molecular weight is 355 g/mol. The summed E-state index contributed by atoms with van der Waals surface area (Å²) in [7, 11) is 0. The fraction of sp³-hybridized carbons (Fsp3) is 0.579. The van der Waals surface area contributed by atoms with Crippen molar-refractivity contribution in [3.8, 4) is 6.07 Å². The molecule has 7 nitrogen and oxygen atoms in total. The van der Waals surface area contributed by atoms with Crippen molar-refractivity contribution in [3.05, 3.63) is 23.9 Å². The van der Waals surface area contributed by atoms with E-state index in [0.717, 1.165) is 0 Å². The van der Waals surface area contributed by atoms with E-state index in [-0.39, 0.29) is 17.7 Å². The van der Waals surface area contributed by atoms with Gasteiger partial charge in [-0.1, -0.05) is 13.8 Å². The van der Waals surface area contributed by atoms with Gasteiger partial charge in [-0.3, -0.25) is 9.59 Å². The third-order valence-corrected chi connectivity index (χ3v) is 4.95. The van der Waals surface area contributed by atoms with E-state index in [4.69, 9.17) is 0 Å². The molecule has 0 aliphatic carbocycles.